The van der Waals surface area contributed by atoms with E-state index < -0.39 is 17.1 Å². The largest absolute Gasteiger partial charge is 0.349 e. The van der Waals surface area contributed by atoms with Crippen LogP contribution in [-0.2, 0) is 9.59 Å². The number of amides is 3. The van der Waals surface area contributed by atoms with Crippen LogP contribution in [0.15, 0.2) is 47.5 Å². The number of imide groups is 1. The molecule has 0 atom stereocenters. The number of anilines is 1. The van der Waals surface area contributed by atoms with E-state index in [2.05, 4.69) is 23.7 Å². The minimum absolute atomic E-state index is 0.303. The summed E-state index contributed by atoms with van der Waals surface area (Å²) in [5, 5.41) is 2.24. The van der Waals surface area contributed by atoms with Gasteiger partial charge in [-0.15, -0.1) is 0 Å². The van der Waals surface area contributed by atoms with Gasteiger partial charge in [-0.2, -0.15) is 0 Å². The molecule has 6 nitrogen and oxygen atoms in total. The summed E-state index contributed by atoms with van der Waals surface area (Å²) in [5.74, 6) is -0.852. The fraction of sp³-hybridized carbons (Fsp3) is 0.250. The summed E-state index contributed by atoms with van der Waals surface area (Å²) in [5.41, 5.74) is 2.56. The number of hydrogen-bond acceptors (Lipinski definition) is 4. The number of carbonyl (C=O) groups is 3. The molecule has 2 aromatic rings. The molecule has 0 spiro atoms. The summed E-state index contributed by atoms with van der Waals surface area (Å²) in [7, 11) is 0. The van der Waals surface area contributed by atoms with Crippen molar-refractivity contribution in [3.05, 3.63) is 58.8 Å². The van der Waals surface area contributed by atoms with Crippen LogP contribution >= 0.6 is 11.8 Å². The van der Waals surface area contributed by atoms with Crippen molar-refractivity contribution in [3.8, 4) is 0 Å². The van der Waals surface area contributed by atoms with E-state index in [1.807, 2.05) is 25.3 Å². The van der Waals surface area contributed by atoms with Crippen molar-refractivity contribution in [2.75, 3.05) is 11.9 Å². The number of aromatic nitrogens is 1. The predicted molar refractivity (Wildman–Crippen MR) is 107 cm³/mol. The molecule has 3 rings (SSSR count). The number of hydrogen-bond donors (Lipinski definition) is 1. The molecule has 2 heterocycles. The van der Waals surface area contributed by atoms with E-state index in [1.165, 1.54) is 0 Å². The molecule has 1 aromatic carbocycles. The first-order chi connectivity index (χ1) is 12.8. The van der Waals surface area contributed by atoms with Gasteiger partial charge in [0, 0.05) is 23.6 Å². The average Bonchev–Trinajstić information content (AvgIpc) is 3.11. The van der Waals surface area contributed by atoms with Crippen LogP contribution in [0.4, 0.5) is 10.5 Å². The van der Waals surface area contributed by atoms with Crippen LogP contribution in [-0.4, -0.2) is 33.1 Å². The molecule has 140 valence electrons. The zero-order valence-corrected chi connectivity index (χ0v) is 16.2. The molecule has 0 bridgehead atoms. The first-order valence-electron chi connectivity index (χ1n) is 8.64. The van der Waals surface area contributed by atoms with Gasteiger partial charge in [0.1, 0.15) is 6.54 Å². The maximum Gasteiger partial charge on any atom is 0.294 e. The number of para-hydroxylation sites is 1. The van der Waals surface area contributed by atoms with Crippen LogP contribution in [0.3, 0.4) is 0 Å². The van der Waals surface area contributed by atoms with Gasteiger partial charge >= 0.3 is 0 Å². The van der Waals surface area contributed by atoms with Crippen LogP contribution in [0.25, 0.3) is 6.08 Å². The molecule has 1 saturated heterocycles. The number of rotatable bonds is 5. The molecular weight excluding hydrogens is 362 g/mol. The molecular formula is C20H21N3O3S. The molecule has 0 unspecified atom stereocenters. The van der Waals surface area contributed by atoms with Gasteiger partial charge in [-0.1, -0.05) is 18.2 Å². The molecule has 1 aliphatic heterocycles. The van der Waals surface area contributed by atoms with Crippen molar-refractivity contribution in [2.45, 2.75) is 26.8 Å². The number of benzene rings is 1. The van der Waals surface area contributed by atoms with E-state index in [1.54, 1.807) is 30.3 Å². The Morgan fingerprint density at radius 2 is 1.93 bits per heavy atom. The van der Waals surface area contributed by atoms with Crippen LogP contribution < -0.4 is 5.32 Å². The fourth-order valence-corrected chi connectivity index (χ4v) is 3.74. The summed E-state index contributed by atoms with van der Waals surface area (Å²) in [6, 6.07) is 11.2. The second kappa shape index (κ2) is 7.84. The Kier molecular flexibility index (Phi) is 5.51. The van der Waals surface area contributed by atoms with Gasteiger partial charge in [-0.25, -0.2) is 0 Å². The molecule has 3 amide bonds. The number of thioether (sulfide) groups is 1. The highest BCUT2D eigenvalue weighted by Gasteiger charge is 2.36. The van der Waals surface area contributed by atoms with Crippen molar-refractivity contribution < 1.29 is 14.4 Å². The lowest BCUT2D eigenvalue weighted by atomic mass is 10.2. The highest BCUT2D eigenvalue weighted by Crippen LogP contribution is 2.32. The zero-order valence-electron chi connectivity index (χ0n) is 15.4. The number of nitrogens with zero attached hydrogens (tertiary/aromatic N) is 2. The van der Waals surface area contributed by atoms with Gasteiger partial charge in [0.25, 0.3) is 11.1 Å². The third kappa shape index (κ3) is 4.31. The monoisotopic (exact) mass is 383 g/mol. The summed E-state index contributed by atoms with van der Waals surface area (Å²) in [6.07, 6.45) is 3.65. The molecule has 0 saturated carbocycles. The van der Waals surface area contributed by atoms with E-state index >= 15 is 0 Å². The first-order valence-corrected chi connectivity index (χ1v) is 9.45. The fourth-order valence-electron chi connectivity index (χ4n) is 2.90. The van der Waals surface area contributed by atoms with E-state index in [0.29, 0.717) is 16.6 Å². The van der Waals surface area contributed by atoms with Crippen molar-refractivity contribution >= 4 is 40.6 Å². The molecule has 7 heteroatoms. The topological polar surface area (TPSA) is 71.4 Å². The van der Waals surface area contributed by atoms with Gasteiger partial charge in [-0.3, -0.25) is 19.3 Å². The van der Waals surface area contributed by atoms with Crippen LogP contribution in [0.1, 0.15) is 31.1 Å². The third-order valence-electron chi connectivity index (χ3n) is 4.16. The number of nitrogens with one attached hydrogen (secondary N) is 1. The smallest absolute Gasteiger partial charge is 0.294 e. The lowest BCUT2D eigenvalue weighted by molar-refractivity contribution is -0.127. The van der Waals surface area contributed by atoms with Gasteiger partial charge < -0.3 is 9.88 Å². The Bertz CT molecular complexity index is 916. The molecule has 0 radical (unpaired) electrons. The van der Waals surface area contributed by atoms with Crippen molar-refractivity contribution in [1.29, 1.82) is 0 Å². The SMILES string of the molecule is Cc1cc(/C=C2/SC(=O)N(CC(=O)Nc3ccccc3)C2=O)cn1C(C)C. The summed E-state index contributed by atoms with van der Waals surface area (Å²) >= 11 is 0.858. The lowest BCUT2D eigenvalue weighted by Gasteiger charge is -2.12. The molecule has 1 fully saturated rings. The first kappa shape index (κ1) is 19.0. The Hall–Kier alpha value is -2.80. The highest BCUT2D eigenvalue weighted by atomic mass is 32.2. The maximum atomic E-state index is 12.6. The Balaban J connectivity index is 1.71. The maximum absolute atomic E-state index is 12.6. The molecule has 27 heavy (non-hydrogen) atoms. The van der Waals surface area contributed by atoms with Crippen molar-refractivity contribution in [1.82, 2.24) is 9.47 Å². The molecule has 1 aliphatic rings. The predicted octanol–water partition coefficient (Wildman–Crippen LogP) is 4.05. The van der Waals surface area contributed by atoms with E-state index in [4.69, 9.17) is 0 Å². The molecule has 1 aromatic heterocycles. The van der Waals surface area contributed by atoms with E-state index in [0.717, 1.165) is 27.9 Å². The second-order valence-electron chi connectivity index (χ2n) is 6.60. The Morgan fingerprint density at radius 3 is 2.56 bits per heavy atom. The molecule has 0 aliphatic carbocycles. The summed E-state index contributed by atoms with van der Waals surface area (Å²) in [6.45, 7) is 5.85. The summed E-state index contributed by atoms with van der Waals surface area (Å²) in [4.78, 5) is 38.2. The van der Waals surface area contributed by atoms with Gasteiger partial charge in [0.2, 0.25) is 5.91 Å². The highest BCUT2D eigenvalue weighted by molar-refractivity contribution is 8.18. The second-order valence-corrected chi connectivity index (χ2v) is 7.59. The van der Waals surface area contributed by atoms with Gasteiger partial charge in [0.15, 0.2) is 0 Å². The quantitative estimate of drug-likeness (QED) is 0.791. The van der Waals surface area contributed by atoms with E-state index in [-0.39, 0.29) is 6.54 Å². The number of carbonyl (C=O) groups excluding carboxylic acids is 3. The Labute approximate surface area is 162 Å². The van der Waals surface area contributed by atoms with Gasteiger partial charge in [-0.05, 0) is 62.4 Å². The zero-order chi connectivity index (χ0) is 19.6. The molecule has 1 N–H and O–H groups in total. The summed E-state index contributed by atoms with van der Waals surface area (Å²) < 4.78 is 2.10. The van der Waals surface area contributed by atoms with Crippen molar-refractivity contribution in [3.63, 3.8) is 0 Å². The van der Waals surface area contributed by atoms with Crippen LogP contribution in [0.2, 0.25) is 0 Å². The van der Waals surface area contributed by atoms with Crippen LogP contribution in [0, 0.1) is 6.92 Å². The number of aryl methyl sites for hydroxylation is 1. The minimum atomic E-state index is -0.442. The lowest BCUT2D eigenvalue weighted by Crippen LogP contribution is -2.36. The Morgan fingerprint density at radius 1 is 1.22 bits per heavy atom. The minimum Gasteiger partial charge on any atom is -0.349 e. The van der Waals surface area contributed by atoms with Gasteiger partial charge in [0.05, 0.1) is 4.91 Å². The van der Waals surface area contributed by atoms with E-state index in [9.17, 15) is 14.4 Å². The normalized spacial score (nSPS) is 15.9. The third-order valence-corrected chi connectivity index (χ3v) is 5.07. The van der Waals surface area contributed by atoms with Crippen molar-refractivity contribution in [2.24, 2.45) is 0 Å². The average molecular weight is 383 g/mol. The standard InChI is InChI=1S/C20H21N3O3S/c1-13(2)22-11-15(9-14(22)3)10-17-19(25)23(20(26)27-17)12-18(24)21-16-7-5-4-6-8-16/h4-11,13H,12H2,1-3H3,(H,21,24)/b17-10+. The van der Waals surface area contributed by atoms with Crippen LogP contribution in [0.5, 0.6) is 0 Å².